The summed E-state index contributed by atoms with van der Waals surface area (Å²) in [5.41, 5.74) is 7.10. The molecular weight excluding hydrogens is 330 g/mol. The van der Waals surface area contributed by atoms with Crippen LogP contribution in [0.5, 0.6) is 0 Å². The van der Waals surface area contributed by atoms with E-state index in [4.69, 9.17) is 4.99 Å². The van der Waals surface area contributed by atoms with E-state index in [2.05, 4.69) is 64.8 Å². The van der Waals surface area contributed by atoms with Gasteiger partial charge in [-0.05, 0) is 42.4 Å². The fourth-order valence-electron chi connectivity index (χ4n) is 5.61. The zero-order chi connectivity index (χ0) is 17.8. The van der Waals surface area contributed by atoms with E-state index >= 15 is 0 Å². The summed E-state index contributed by atoms with van der Waals surface area (Å²) in [7, 11) is 0. The van der Waals surface area contributed by atoms with E-state index in [1.165, 1.54) is 48.1 Å². The number of aryl methyl sites for hydroxylation is 1. The lowest BCUT2D eigenvalue weighted by molar-refractivity contribution is 0.204. The van der Waals surface area contributed by atoms with Crippen LogP contribution in [0.1, 0.15) is 54.8 Å². The Labute approximate surface area is 160 Å². The number of hydrogen-bond acceptors (Lipinski definition) is 3. The predicted molar refractivity (Wildman–Crippen MR) is 109 cm³/mol. The Kier molecular flexibility index (Phi) is 3.43. The van der Waals surface area contributed by atoms with E-state index in [0.29, 0.717) is 18.1 Å². The van der Waals surface area contributed by atoms with Crippen molar-refractivity contribution in [2.75, 3.05) is 0 Å². The number of nitrogens with one attached hydrogen (secondary N) is 1. The second-order valence-electron chi connectivity index (χ2n) is 8.27. The largest absolute Gasteiger partial charge is 0.327 e. The molecule has 1 N–H and O–H groups in total. The number of benzene rings is 2. The zero-order valence-electron chi connectivity index (χ0n) is 15.6. The molecule has 4 aliphatic rings. The number of hydrogen-bond donors (Lipinski definition) is 1. The highest BCUT2D eigenvalue weighted by atomic mass is 15.4. The smallest absolute Gasteiger partial charge is 0.199 e. The van der Waals surface area contributed by atoms with Crippen LogP contribution in [-0.4, -0.2) is 22.9 Å². The Morgan fingerprint density at radius 2 is 1.70 bits per heavy atom. The molecule has 0 aromatic heterocycles. The zero-order valence-corrected chi connectivity index (χ0v) is 15.6. The second-order valence-corrected chi connectivity index (χ2v) is 8.27. The molecule has 0 bridgehead atoms. The quantitative estimate of drug-likeness (QED) is 0.805. The molecule has 3 heteroatoms. The van der Waals surface area contributed by atoms with E-state index in [1.807, 2.05) is 0 Å². The monoisotopic (exact) mass is 355 g/mol. The molecule has 2 heterocycles. The molecule has 27 heavy (non-hydrogen) atoms. The molecule has 0 saturated heterocycles. The first-order valence-corrected chi connectivity index (χ1v) is 10.4. The first-order valence-electron chi connectivity index (χ1n) is 10.4. The van der Waals surface area contributed by atoms with Crippen molar-refractivity contribution in [2.45, 2.75) is 56.7 Å². The number of nitrogens with zero attached hydrogens (tertiary/aromatic N) is 2. The Balaban J connectivity index is 1.54. The van der Waals surface area contributed by atoms with Crippen molar-refractivity contribution in [3.63, 3.8) is 0 Å². The maximum atomic E-state index is 5.17. The van der Waals surface area contributed by atoms with Crippen LogP contribution in [0.2, 0.25) is 0 Å². The van der Waals surface area contributed by atoms with Crippen molar-refractivity contribution in [1.82, 2.24) is 10.2 Å². The highest BCUT2D eigenvalue weighted by Crippen LogP contribution is 2.47. The predicted octanol–water partition coefficient (Wildman–Crippen LogP) is 4.67. The Morgan fingerprint density at radius 3 is 2.63 bits per heavy atom. The summed E-state index contributed by atoms with van der Waals surface area (Å²) in [6.45, 7) is 0. The summed E-state index contributed by atoms with van der Waals surface area (Å²) < 4.78 is 0. The van der Waals surface area contributed by atoms with Gasteiger partial charge in [0.25, 0.3) is 0 Å². The third-order valence-corrected chi connectivity index (χ3v) is 6.82. The molecule has 2 aliphatic carbocycles. The number of aliphatic imine (C=N–C) groups is 1. The Morgan fingerprint density at radius 1 is 0.889 bits per heavy atom. The van der Waals surface area contributed by atoms with Crippen LogP contribution in [0.4, 0.5) is 0 Å². The van der Waals surface area contributed by atoms with Crippen LogP contribution in [-0.2, 0) is 6.42 Å². The van der Waals surface area contributed by atoms with E-state index in [-0.39, 0.29) is 0 Å². The van der Waals surface area contributed by atoms with Gasteiger partial charge in [-0.25, -0.2) is 4.99 Å². The van der Waals surface area contributed by atoms with Gasteiger partial charge in [-0.15, -0.1) is 0 Å². The molecule has 0 spiro atoms. The molecule has 3 atom stereocenters. The molecule has 6 rings (SSSR count). The molecule has 136 valence electrons. The van der Waals surface area contributed by atoms with Crippen LogP contribution < -0.4 is 5.32 Å². The summed E-state index contributed by atoms with van der Waals surface area (Å²) in [5, 5.41) is 3.79. The minimum Gasteiger partial charge on any atom is -0.327 e. The van der Waals surface area contributed by atoms with Gasteiger partial charge in [-0.1, -0.05) is 67.4 Å². The van der Waals surface area contributed by atoms with Gasteiger partial charge in [0, 0.05) is 11.3 Å². The van der Waals surface area contributed by atoms with Crippen molar-refractivity contribution >= 4 is 11.7 Å². The molecule has 2 aliphatic heterocycles. The standard InChI is InChI=1S/C24H25N3/c1-2-9-17(10-3-1)23-19-15-14-16-8-4-5-11-18(16)22(19)26-24-25-20-12-6-7-13-21(20)27(23)24/h1-5,8-11,20-21,23H,6-7,12-15H2,(H,25,26)/t20-,21-,23-/m0/s1. The third kappa shape index (κ3) is 2.30. The second kappa shape index (κ2) is 5.98. The fourth-order valence-corrected chi connectivity index (χ4v) is 5.61. The molecule has 1 saturated carbocycles. The lowest BCUT2D eigenvalue weighted by Gasteiger charge is -2.45. The lowest BCUT2D eigenvalue weighted by atomic mass is 9.80. The van der Waals surface area contributed by atoms with Crippen LogP contribution in [0.3, 0.4) is 0 Å². The minimum atomic E-state index is 0.322. The van der Waals surface area contributed by atoms with E-state index in [1.54, 1.807) is 5.57 Å². The van der Waals surface area contributed by atoms with E-state index in [9.17, 15) is 0 Å². The molecule has 0 radical (unpaired) electrons. The first-order chi connectivity index (χ1) is 13.4. The summed E-state index contributed by atoms with van der Waals surface area (Å²) in [6.07, 6.45) is 7.40. The van der Waals surface area contributed by atoms with Crippen molar-refractivity contribution in [3.05, 3.63) is 76.9 Å². The minimum absolute atomic E-state index is 0.322. The van der Waals surface area contributed by atoms with Crippen molar-refractivity contribution < 1.29 is 0 Å². The van der Waals surface area contributed by atoms with Gasteiger partial charge in [0.1, 0.15) is 0 Å². The average molecular weight is 355 g/mol. The highest BCUT2D eigenvalue weighted by molar-refractivity contribution is 5.96. The lowest BCUT2D eigenvalue weighted by Crippen LogP contribution is -2.51. The number of guanidine groups is 1. The van der Waals surface area contributed by atoms with Gasteiger partial charge in [0.15, 0.2) is 5.96 Å². The van der Waals surface area contributed by atoms with Crippen LogP contribution >= 0.6 is 0 Å². The Bertz CT molecular complexity index is 943. The van der Waals surface area contributed by atoms with Crippen molar-refractivity contribution in [3.8, 4) is 0 Å². The molecule has 3 nitrogen and oxygen atoms in total. The van der Waals surface area contributed by atoms with Crippen LogP contribution in [0, 0.1) is 0 Å². The molecule has 2 aromatic carbocycles. The van der Waals surface area contributed by atoms with E-state index < -0.39 is 0 Å². The molecule has 2 aromatic rings. The van der Waals surface area contributed by atoms with Crippen LogP contribution in [0.25, 0.3) is 5.70 Å². The van der Waals surface area contributed by atoms with Crippen LogP contribution in [0.15, 0.2) is 65.2 Å². The summed E-state index contributed by atoms with van der Waals surface area (Å²) in [5.74, 6) is 1.11. The number of fused-ring (bicyclic) bond motifs is 5. The number of rotatable bonds is 1. The van der Waals surface area contributed by atoms with Gasteiger partial charge in [0.2, 0.25) is 0 Å². The van der Waals surface area contributed by atoms with Gasteiger partial charge in [0.05, 0.1) is 18.1 Å². The van der Waals surface area contributed by atoms with Gasteiger partial charge < -0.3 is 10.2 Å². The average Bonchev–Trinajstić information content (AvgIpc) is 3.11. The Hall–Kier alpha value is -2.55. The SMILES string of the molecule is c1ccc([C@H]2C3=C(NC4=N[C@H]5CCCC[C@@H]5N42)c2ccccc2CC3)cc1. The van der Waals surface area contributed by atoms with Gasteiger partial charge in [-0.2, -0.15) is 0 Å². The van der Waals surface area contributed by atoms with E-state index in [0.717, 1.165) is 18.8 Å². The molecule has 0 unspecified atom stereocenters. The third-order valence-electron chi connectivity index (χ3n) is 6.82. The molecule has 1 fully saturated rings. The summed E-state index contributed by atoms with van der Waals surface area (Å²) in [6, 6.07) is 21.3. The normalized spacial score (nSPS) is 28.5. The summed E-state index contributed by atoms with van der Waals surface area (Å²) in [4.78, 5) is 7.80. The van der Waals surface area contributed by atoms with Crippen molar-refractivity contribution in [1.29, 1.82) is 0 Å². The van der Waals surface area contributed by atoms with Crippen molar-refractivity contribution in [2.24, 2.45) is 4.99 Å². The van der Waals surface area contributed by atoms with Gasteiger partial charge in [-0.3, -0.25) is 0 Å². The molecular formula is C24H25N3. The topological polar surface area (TPSA) is 27.6 Å². The first kappa shape index (κ1) is 15.5. The maximum absolute atomic E-state index is 5.17. The maximum Gasteiger partial charge on any atom is 0.199 e. The summed E-state index contributed by atoms with van der Waals surface area (Å²) >= 11 is 0. The molecule has 0 amide bonds. The fraction of sp³-hybridized carbons (Fsp3) is 0.375. The van der Waals surface area contributed by atoms with Gasteiger partial charge >= 0.3 is 0 Å². The highest BCUT2D eigenvalue weighted by Gasteiger charge is 2.46.